The Labute approximate surface area is 95.7 Å². The van der Waals surface area contributed by atoms with Crippen molar-refractivity contribution in [2.24, 2.45) is 0 Å². The normalized spacial score (nSPS) is 11.9. The first kappa shape index (κ1) is 13.2. The molecule has 1 heterocycles. The van der Waals surface area contributed by atoms with Crippen LogP contribution in [0.5, 0.6) is 0 Å². The van der Waals surface area contributed by atoms with E-state index in [-0.39, 0.29) is 18.1 Å². The average Bonchev–Trinajstić information content (AvgIpc) is 2.65. The molecular formula is C10H17NO4S. The topological polar surface area (TPSA) is 69.4 Å². The summed E-state index contributed by atoms with van der Waals surface area (Å²) < 4.78 is 33.1. The van der Waals surface area contributed by atoms with Gasteiger partial charge in [0.05, 0.1) is 18.1 Å². The van der Waals surface area contributed by atoms with Gasteiger partial charge in [-0.1, -0.05) is 12.1 Å². The molecule has 0 fully saturated rings. The van der Waals surface area contributed by atoms with Crippen molar-refractivity contribution < 1.29 is 17.7 Å². The maximum atomic E-state index is 11.6. The van der Waals surface area contributed by atoms with Gasteiger partial charge in [0.25, 0.3) is 0 Å². The van der Waals surface area contributed by atoms with Gasteiger partial charge >= 0.3 is 0 Å². The molecule has 0 amide bonds. The first-order chi connectivity index (χ1) is 7.57. The van der Waals surface area contributed by atoms with E-state index in [0.29, 0.717) is 12.4 Å². The zero-order valence-corrected chi connectivity index (χ0v) is 10.4. The predicted molar refractivity (Wildman–Crippen MR) is 59.9 cm³/mol. The van der Waals surface area contributed by atoms with Gasteiger partial charge in [-0.05, 0) is 13.3 Å². The largest absolute Gasteiger partial charge is 0.381 e. The van der Waals surface area contributed by atoms with E-state index in [9.17, 15) is 8.42 Å². The van der Waals surface area contributed by atoms with E-state index in [2.05, 4.69) is 5.16 Å². The Morgan fingerprint density at radius 2 is 2.19 bits per heavy atom. The maximum absolute atomic E-state index is 11.6. The lowest BCUT2D eigenvalue weighted by Gasteiger charge is -2.01. The number of aryl methyl sites for hydroxylation is 1. The van der Waals surface area contributed by atoms with Crippen LogP contribution in [0.15, 0.2) is 10.6 Å². The highest BCUT2D eigenvalue weighted by molar-refractivity contribution is 7.90. The smallest absolute Gasteiger partial charge is 0.159 e. The SMILES string of the molecule is CCOCCS(=O)(=O)Cc1cc(CC)no1. The molecule has 0 bridgehead atoms. The second-order valence-electron chi connectivity index (χ2n) is 3.43. The van der Waals surface area contributed by atoms with Crippen LogP contribution >= 0.6 is 0 Å². The molecule has 0 aliphatic rings. The lowest BCUT2D eigenvalue weighted by atomic mass is 10.3. The van der Waals surface area contributed by atoms with Crippen LogP contribution in [-0.2, 0) is 26.7 Å². The molecule has 92 valence electrons. The monoisotopic (exact) mass is 247 g/mol. The quantitative estimate of drug-likeness (QED) is 0.677. The summed E-state index contributed by atoms with van der Waals surface area (Å²) in [5, 5.41) is 3.74. The number of sulfone groups is 1. The zero-order valence-electron chi connectivity index (χ0n) is 9.60. The summed E-state index contributed by atoms with van der Waals surface area (Å²) in [6, 6.07) is 1.68. The van der Waals surface area contributed by atoms with Crippen molar-refractivity contribution in [2.75, 3.05) is 19.0 Å². The van der Waals surface area contributed by atoms with Gasteiger partial charge in [0.15, 0.2) is 15.6 Å². The van der Waals surface area contributed by atoms with Crippen molar-refractivity contribution in [3.63, 3.8) is 0 Å². The van der Waals surface area contributed by atoms with Gasteiger partial charge in [-0.25, -0.2) is 8.42 Å². The number of hydrogen-bond donors (Lipinski definition) is 0. The molecule has 0 saturated heterocycles. The van der Waals surface area contributed by atoms with Gasteiger partial charge < -0.3 is 9.26 Å². The molecule has 0 aliphatic carbocycles. The average molecular weight is 247 g/mol. The van der Waals surface area contributed by atoms with E-state index in [1.165, 1.54) is 0 Å². The number of ether oxygens (including phenoxy) is 1. The van der Waals surface area contributed by atoms with Crippen molar-refractivity contribution in [2.45, 2.75) is 26.0 Å². The van der Waals surface area contributed by atoms with E-state index in [1.807, 2.05) is 13.8 Å². The number of nitrogens with zero attached hydrogens (tertiary/aromatic N) is 1. The minimum Gasteiger partial charge on any atom is -0.381 e. The van der Waals surface area contributed by atoms with Crippen molar-refractivity contribution in [1.29, 1.82) is 0 Å². The minimum absolute atomic E-state index is 0.0169. The molecule has 1 aromatic heterocycles. The minimum atomic E-state index is -3.16. The molecule has 16 heavy (non-hydrogen) atoms. The van der Waals surface area contributed by atoms with Crippen molar-refractivity contribution in [1.82, 2.24) is 5.16 Å². The highest BCUT2D eigenvalue weighted by Gasteiger charge is 2.15. The fourth-order valence-electron chi connectivity index (χ4n) is 1.21. The summed E-state index contributed by atoms with van der Waals surface area (Å²) in [4.78, 5) is 0. The van der Waals surface area contributed by atoms with E-state index in [0.717, 1.165) is 12.1 Å². The molecule has 0 N–H and O–H groups in total. The molecule has 6 heteroatoms. The second kappa shape index (κ2) is 6.00. The first-order valence-corrected chi connectivity index (χ1v) is 7.12. The molecule has 5 nitrogen and oxygen atoms in total. The third-order valence-corrected chi connectivity index (χ3v) is 3.59. The van der Waals surface area contributed by atoms with Crippen LogP contribution in [0.1, 0.15) is 25.3 Å². The Balaban J connectivity index is 2.51. The Bertz CT molecular complexity index is 410. The van der Waals surface area contributed by atoms with E-state index >= 15 is 0 Å². The van der Waals surface area contributed by atoms with Crippen molar-refractivity contribution >= 4 is 9.84 Å². The second-order valence-corrected chi connectivity index (χ2v) is 5.61. The van der Waals surface area contributed by atoms with Gasteiger partial charge in [0.1, 0.15) is 5.75 Å². The van der Waals surface area contributed by atoms with E-state index in [1.54, 1.807) is 6.07 Å². The lowest BCUT2D eigenvalue weighted by molar-refractivity contribution is 0.163. The van der Waals surface area contributed by atoms with Gasteiger partial charge in [0, 0.05) is 12.7 Å². The van der Waals surface area contributed by atoms with Gasteiger partial charge in [-0.3, -0.25) is 0 Å². The Kier molecular flexibility index (Phi) is 4.95. The standard InChI is InChI=1S/C10H17NO4S/c1-3-9-7-10(15-11-9)8-16(12,13)6-5-14-4-2/h7H,3-6,8H2,1-2H3. The van der Waals surface area contributed by atoms with Crippen LogP contribution in [0.3, 0.4) is 0 Å². The molecule has 0 unspecified atom stereocenters. The summed E-state index contributed by atoms with van der Waals surface area (Å²) >= 11 is 0. The Hall–Kier alpha value is -0.880. The number of aromatic nitrogens is 1. The van der Waals surface area contributed by atoms with Crippen LogP contribution in [-0.4, -0.2) is 32.5 Å². The lowest BCUT2D eigenvalue weighted by Crippen LogP contribution is -2.14. The summed E-state index contributed by atoms with van der Waals surface area (Å²) in [6.07, 6.45) is 0.739. The van der Waals surface area contributed by atoms with Crippen LogP contribution in [0.4, 0.5) is 0 Å². The summed E-state index contributed by atoms with van der Waals surface area (Å²) in [5.74, 6) is 0.309. The third-order valence-electron chi connectivity index (χ3n) is 2.07. The summed E-state index contributed by atoms with van der Waals surface area (Å²) in [6.45, 7) is 4.52. The van der Waals surface area contributed by atoms with Crippen LogP contribution in [0.25, 0.3) is 0 Å². The molecule has 0 aliphatic heterocycles. The maximum Gasteiger partial charge on any atom is 0.159 e. The number of hydrogen-bond acceptors (Lipinski definition) is 5. The van der Waals surface area contributed by atoms with Gasteiger partial charge in [0.2, 0.25) is 0 Å². The highest BCUT2D eigenvalue weighted by atomic mass is 32.2. The fourth-order valence-corrected chi connectivity index (χ4v) is 2.30. The van der Waals surface area contributed by atoms with E-state index in [4.69, 9.17) is 9.26 Å². The van der Waals surface area contributed by atoms with Gasteiger partial charge in [-0.15, -0.1) is 0 Å². The molecule has 0 aromatic carbocycles. The first-order valence-electron chi connectivity index (χ1n) is 5.30. The molecule has 1 aromatic rings. The summed E-state index contributed by atoms with van der Waals surface area (Å²) in [5.41, 5.74) is 0.773. The molecule has 1 rings (SSSR count). The fraction of sp³-hybridized carbons (Fsp3) is 0.700. The molecular weight excluding hydrogens is 230 g/mol. The Morgan fingerprint density at radius 3 is 2.75 bits per heavy atom. The molecule has 0 spiro atoms. The van der Waals surface area contributed by atoms with Crippen molar-refractivity contribution in [3.05, 3.63) is 17.5 Å². The summed E-state index contributed by atoms with van der Waals surface area (Å²) in [7, 11) is -3.16. The van der Waals surface area contributed by atoms with Gasteiger partial charge in [-0.2, -0.15) is 0 Å². The van der Waals surface area contributed by atoms with Crippen LogP contribution in [0, 0.1) is 0 Å². The van der Waals surface area contributed by atoms with E-state index < -0.39 is 9.84 Å². The molecule has 0 saturated carbocycles. The predicted octanol–water partition coefficient (Wildman–Crippen LogP) is 1.19. The zero-order chi connectivity index (χ0) is 12.0. The Morgan fingerprint density at radius 1 is 1.44 bits per heavy atom. The third kappa shape index (κ3) is 4.32. The van der Waals surface area contributed by atoms with Crippen LogP contribution < -0.4 is 0 Å². The molecule has 0 radical (unpaired) electrons. The van der Waals surface area contributed by atoms with Crippen molar-refractivity contribution in [3.8, 4) is 0 Å². The highest BCUT2D eigenvalue weighted by Crippen LogP contribution is 2.09. The molecule has 0 atom stereocenters. The van der Waals surface area contributed by atoms with Crippen LogP contribution in [0.2, 0.25) is 0 Å². The number of rotatable bonds is 7.